The summed E-state index contributed by atoms with van der Waals surface area (Å²) in [5.41, 5.74) is 0. The number of nitrogens with zero attached hydrogens (tertiary/aromatic N) is 1. The lowest BCUT2D eigenvalue weighted by atomic mass is 9.92. The molecule has 0 aliphatic carbocycles. The van der Waals surface area contributed by atoms with Crippen molar-refractivity contribution in [2.45, 2.75) is 151 Å². The minimum atomic E-state index is -5.20. The molecule has 0 spiro atoms. The molecule has 272 valence electrons. The minimum absolute atomic E-state index is 0.0175. The van der Waals surface area contributed by atoms with E-state index in [0.29, 0.717) is 13.0 Å². The summed E-state index contributed by atoms with van der Waals surface area (Å²) in [4.78, 5) is 1.76. The number of hydrogen-bond acceptors (Lipinski definition) is 16. The number of likely N-dealkylation sites (tertiary alicyclic amines) is 1. The Morgan fingerprint density at radius 1 is 0.717 bits per heavy atom. The minimum Gasteiger partial charge on any atom is -0.395 e. The lowest BCUT2D eigenvalue weighted by molar-refractivity contribution is -0.354. The van der Waals surface area contributed by atoms with Gasteiger partial charge in [0.1, 0.15) is 54.9 Å². The van der Waals surface area contributed by atoms with Crippen molar-refractivity contribution in [3.05, 3.63) is 0 Å². The third kappa shape index (κ3) is 10.4. The fourth-order valence-electron chi connectivity index (χ4n) is 6.24. The summed E-state index contributed by atoms with van der Waals surface area (Å²) >= 11 is 0. The van der Waals surface area contributed by atoms with E-state index in [2.05, 4.69) is 11.1 Å². The van der Waals surface area contributed by atoms with Crippen molar-refractivity contribution in [1.82, 2.24) is 4.90 Å². The van der Waals surface area contributed by atoms with Crippen LogP contribution in [0.1, 0.15) is 65.2 Å². The van der Waals surface area contributed by atoms with Crippen LogP contribution in [0.15, 0.2) is 0 Å². The average molecular weight is 692 g/mol. The number of β-amino-alcohol motifs (C(OH)–C–C–N with tert-alkyl or cyclic N) is 1. The number of hydrogen-bond donors (Lipinski definition) is 9. The topological polar surface area (TPSA) is 266 Å². The van der Waals surface area contributed by atoms with Gasteiger partial charge >= 0.3 is 10.4 Å². The van der Waals surface area contributed by atoms with E-state index in [4.69, 9.17) is 18.9 Å². The first-order chi connectivity index (χ1) is 21.7. The standard InChI is InChI=1S/C28H53NO16S/c1-3-4-5-6-7-8-9-10-11-29-12-17(32)25(44-27-22(36)21(35)19(33)15(2)41-27)24(16(29)13-30)43-28-23(37)26(45-46(38,39)40)20(34)18(14-31)42-28/h15-28,30-37H,3-14H2,1-2H3,(H,38,39,40)/t15-,16+,17-,18+,19+,20-,21+,22-,23+,24+,25+,26-,27-,28-/m0/s1. The zero-order valence-corrected chi connectivity index (χ0v) is 27.1. The van der Waals surface area contributed by atoms with Gasteiger partial charge in [0, 0.05) is 6.54 Å². The van der Waals surface area contributed by atoms with Crippen molar-refractivity contribution in [2.75, 3.05) is 26.3 Å². The number of ether oxygens (including phenoxy) is 4. The van der Waals surface area contributed by atoms with Crippen molar-refractivity contribution in [1.29, 1.82) is 0 Å². The highest BCUT2D eigenvalue weighted by Gasteiger charge is 2.53. The van der Waals surface area contributed by atoms with E-state index in [0.717, 1.165) is 32.1 Å². The maximum atomic E-state index is 11.5. The SMILES string of the molecule is CCCCCCCCCCN1C[C@H](O)[C@@H](O[C@@H]2O[C@@H](C)[C@@H](O)[C@@H](O)[C@@H]2O)[C@H](O[C@@H]2O[C@H](CO)[C@H](O)[C@H](OS(=O)(=O)O)[C@H]2O)[C@H]1CO. The first kappa shape index (κ1) is 39.8. The molecule has 3 heterocycles. The largest absolute Gasteiger partial charge is 0.397 e. The number of aliphatic hydroxyl groups excluding tert-OH is 8. The fourth-order valence-corrected chi connectivity index (χ4v) is 6.75. The van der Waals surface area contributed by atoms with Gasteiger partial charge in [0.2, 0.25) is 0 Å². The monoisotopic (exact) mass is 691 g/mol. The second kappa shape index (κ2) is 18.4. The molecule has 3 aliphatic heterocycles. The van der Waals surface area contributed by atoms with Gasteiger partial charge in [-0.1, -0.05) is 51.9 Å². The summed E-state index contributed by atoms with van der Waals surface area (Å²) in [6.45, 7) is 2.56. The molecular weight excluding hydrogens is 638 g/mol. The fraction of sp³-hybridized carbons (Fsp3) is 1.00. The molecule has 14 atom stereocenters. The molecule has 0 unspecified atom stereocenters. The molecule has 0 amide bonds. The molecule has 46 heavy (non-hydrogen) atoms. The molecule has 0 bridgehead atoms. The van der Waals surface area contributed by atoms with Gasteiger partial charge in [-0.15, -0.1) is 0 Å². The number of aliphatic hydroxyl groups is 8. The van der Waals surface area contributed by atoms with E-state index in [-0.39, 0.29) is 6.54 Å². The molecule has 3 fully saturated rings. The van der Waals surface area contributed by atoms with Crippen LogP contribution in [0.3, 0.4) is 0 Å². The maximum absolute atomic E-state index is 11.5. The molecular formula is C28H53NO16S. The normalized spacial score (nSPS) is 41.1. The summed E-state index contributed by atoms with van der Waals surface area (Å²) in [5, 5.41) is 83.9. The second-order valence-corrected chi connectivity index (χ2v) is 13.4. The van der Waals surface area contributed by atoms with E-state index in [1.54, 1.807) is 4.90 Å². The Hall–Kier alpha value is -0.650. The van der Waals surface area contributed by atoms with E-state index in [1.807, 2.05) is 0 Å². The summed E-state index contributed by atoms with van der Waals surface area (Å²) in [6.07, 6.45) is -12.7. The van der Waals surface area contributed by atoms with Crippen molar-refractivity contribution in [3.63, 3.8) is 0 Å². The first-order valence-corrected chi connectivity index (χ1v) is 17.4. The summed E-state index contributed by atoms with van der Waals surface area (Å²) in [7, 11) is -5.20. The molecule has 0 radical (unpaired) electrons. The third-order valence-electron chi connectivity index (χ3n) is 8.90. The Morgan fingerprint density at radius 2 is 1.30 bits per heavy atom. The van der Waals surface area contributed by atoms with Gasteiger partial charge in [0.15, 0.2) is 12.6 Å². The third-order valence-corrected chi connectivity index (χ3v) is 9.37. The molecule has 0 saturated carbocycles. The van der Waals surface area contributed by atoms with E-state index >= 15 is 0 Å². The molecule has 0 aromatic heterocycles. The number of unbranched alkanes of at least 4 members (excludes halogenated alkanes) is 7. The smallest absolute Gasteiger partial charge is 0.395 e. The highest BCUT2D eigenvalue weighted by Crippen LogP contribution is 2.33. The molecule has 3 aliphatic rings. The van der Waals surface area contributed by atoms with Crippen LogP contribution in [0.25, 0.3) is 0 Å². The van der Waals surface area contributed by atoms with Crippen molar-refractivity contribution in [2.24, 2.45) is 0 Å². The Labute approximate surface area is 269 Å². The Bertz CT molecular complexity index is 995. The van der Waals surface area contributed by atoms with E-state index < -0.39 is 109 Å². The lowest BCUT2D eigenvalue weighted by Crippen LogP contribution is -2.68. The highest BCUT2D eigenvalue weighted by atomic mass is 32.3. The quantitative estimate of drug-likeness (QED) is 0.0559. The number of piperidine rings is 1. The molecule has 9 N–H and O–H groups in total. The van der Waals surface area contributed by atoms with Gasteiger partial charge in [0.25, 0.3) is 0 Å². The van der Waals surface area contributed by atoms with Gasteiger partial charge < -0.3 is 59.8 Å². The van der Waals surface area contributed by atoms with Gasteiger partial charge in [-0.3, -0.25) is 9.45 Å². The predicted octanol–water partition coefficient (Wildman–Crippen LogP) is -2.61. The van der Waals surface area contributed by atoms with Crippen LogP contribution in [0.2, 0.25) is 0 Å². The van der Waals surface area contributed by atoms with Crippen LogP contribution >= 0.6 is 0 Å². The summed E-state index contributed by atoms with van der Waals surface area (Å²) in [5.74, 6) is 0. The van der Waals surface area contributed by atoms with Gasteiger partial charge in [-0.05, 0) is 19.9 Å². The number of rotatable bonds is 17. The van der Waals surface area contributed by atoms with Gasteiger partial charge in [0.05, 0.1) is 31.5 Å². The van der Waals surface area contributed by atoms with Crippen LogP contribution in [0.4, 0.5) is 0 Å². The van der Waals surface area contributed by atoms with Crippen molar-refractivity contribution < 1.29 is 77.0 Å². The van der Waals surface area contributed by atoms with Crippen LogP contribution in [-0.2, 0) is 33.5 Å². The van der Waals surface area contributed by atoms with Gasteiger partial charge in [-0.2, -0.15) is 8.42 Å². The molecule has 17 nitrogen and oxygen atoms in total. The second-order valence-electron chi connectivity index (χ2n) is 12.4. The predicted molar refractivity (Wildman–Crippen MR) is 157 cm³/mol. The Kier molecular flexibility index (Phi) is 15.9. The zero-order valence-electron chi connectivity index (χ0n) is 26.3. The molecule has 0 aromatic rings. The maximum Gasteiger partial charge on any atom is 0.397 e. The van der Waals surface area contributed by atoms with Crippen LogP contribution in [-0.4, -0.2) is 171 Å². The van der Waals surface area contributed by atoms with Crippen molar-refractivity contribution >= 4 is 10.4 Å². The molecule has 3 saturated heterocycles. The Balaban J connectivity index is 1.83. The van der Waals surface area contributed by atoms with Gasteiger partial charge in [-0.25, -0.2) is 4.18 Å². The average Bonchev–Trinajstić information content (AvgIpc) is 3.00. The zero-order chi connectivity index (χ0) is 34.2. The lowest BCUT2D eigenvalue weighted by Gasteiger charge is -2.50. The molecule has 0 aromatic carbocycles. The highest BCUT2D eigenvalue weighted by molar-refractivity contribution is 7.80. The molecule has 3 rings (SSSR count). The summed E-state index contributed by atoms with van der Waals surface area (Å²) in [6, 6.07) is -0.928. The van der Waals surface area contributed by atoms with Crippen LogP contribution in [0, 0.1) is 0 Å². The van der Waals surface area contributed by atoms with E-state index in [9.17, 15) is 53.8 Å². The van der Waals surface area contributed by atoms with Crippen LogP contribution < -0.4 is 0 Å². The summed E-state index contributed by atoms with van der Waals surface area (Å²) < 4.78 is 59.6. The van der Waals surface area contributed by atoms with Crippen LogP contribution in [0.5, 0.6) is 0 Å². The van der Waals surface area contributed by atoms with Crippen molar-refractivity contribution in [3.8, 4) is 0 Å². The molecule has 18 heteroatoms. The Morgan fingerprint density at radius 3 is 1.89 bits per heavy atom. The van der Waals surface area contributed by atoms with E-state index in [1.165, 1.54) is 19.8 Å². The first-order valence-electron chi connectivity index (χ1n) is 16.1.